The van der Waals surface area contributed by atoms with Crippen molar-refractivity contribution in [3.05, 3.63) is 24.4 Å². The van der Waals surface area contributed by atoms with Gasteiger partial charge in [0.2, 0.25) is 9.84 Å². The van der Waals surface area contributed by atoms with Crippen LogP contribution in [0.15, 0.2) is 29.4 Å². The average Bonchev–Trinajstić information content (AvgIpc) is 2.30. The third-order valence-corrected chi connectivity index (χ3v) is 6.60. The first kappa shape index (κ1) is 15.3. The maximum absolute atomic E-state index is 12.6. The second kappa shape index (κ2) is 4.44. The molecule has 0 atom stereocenters. The van der Waals surface area contributed by atoms with Crippen LogP contribution in [-0.4, -0.2) is 35.4 Å². The van der Waals surface area contributed by atoms with Gasteiger partial charge in [-0.15, -0.1) is 0 Å². The predicted molar refractivity (Wildman–Crippen MR) is 80.1 cm³/mol. The number of nitrogens with zero attached hydrogens (tertiary/aromatic N) is 1. The molecule has 1 heterocycles. The Labute approximate surface area is 130 Å². The molecule has 0 aliphatic heterocycles. The quantitative estimate of drug-likeness (QED) is 0.920. The Morgan fingerprint density at radius 2 is 1.91 bits per heavy atom. The number of rotatable bonds is 3. The van der Waals surface area contributed by atoms with E-state index in [1.807, 2.05) is 0 Å². The van der Waals surface area contributed by atoms with Crippen LogP contribution in [0.2, 0.25) is 0 Å². The summed E-state index contributed by atoms with van der Waals surface area (Å²) in [5.41, 5.74) is -0.991. The summed E-state index contributed by atoms with van der Waals surface area (Å²) in [6.45, 7) is 5.38. The van der Waals surface area contributed by atoms with E-state index in [4.69, 9.17) is 4.74 Å². The van der Waals surface area contributed by atoms with Crippen LogP contribution in [0.1, 0.15) is 40.0 Å². The molecule has 0 unspecified atom stereocenters. The second-order valence-corrected chi connectivity index (χ2v) is 9.58. The summed E-state index contributed by atoms with van der Waals surface area (Å²) < 4.78 is 29.7. The summed E-state index contributed by atoms with van der Waals surface area (Å²) in [5, 5.41) is 2.93. The highest BCUT2D eigenvalue weighted by Crippen LogP contribution is 2.65. The minimum absolute atomic E-state index is 0.112. The number of ether oxygens (including phenoxy) is 1. The molecule has 1 amide bonds. The summed E-state index contributed by atoms with van der Waals surface area (Å²) >= 11 is 0. The normalized spacial score (nSPS) is 30.0. The molecule has 1 N–H and O–H groups in total. The lowest BCUT2D eigenvalue weighted by atomic mass is 9.49. The van der Waals surface area contributed by atoms with E-state index in [9.17, 15) is 13.2 Å². The average molecular weight is 324 g/mol. The van der Waals surface area contributed by atoms with E-state index in [0.717, 1.165) is 0 Å². The van der Waals surface area contributed by atoms with Crippen LogP contribution in [0.25, 0.3) is 0 Å². The minimum atomic E-state index is -3.45. The van der Waals surface area contributed by atoms with E-state index < -0.39 is 31.8 Å². The standard InChI is InChI=1S/C15H20N2O4S/c1-13(2,3)21-12(18)17-14-8-15(9-14,10-14)22(19,20)11-6-4-5-7-16-11/h4-7H,8-10H2,1-3H3,(H,17,18). The molecule has 3 aliphatic rings. The lowest BCUT2D eigenvalue weighted by Crippen LogP contribution is -2.81. The fourth-order valence-electron chi connectivity index (χ4n) is 3.36. The van der Waals surface area contributed by atoms with Gasteiger partial charge in [0.05, 0.1) is 4.75 Å². The Kier molecular flexibility index (Phi) is 3.08. The first-order chi connectivity index (χ1) is 10.1. The lowest BCUT2D eigenvalue weighted by molar-refractivity contribution is -0.0352. The highest BCUT2D eigenvalue weighted by atomic mass is 32.2. The van der Waals surface area contributed by atoms with Crippen molar-refractivity contribution in [2.24, 2.45) is 0 Å². The number of amides is 1. The molecule has 6 nitrogen and oxygen atoms in total. The SMILES string of the molecule is CC(C)(C)OC(=O)NC12CC(S(=O)(=O)c3ccccn3)(C1)C2. The number of hydrogen-bond acceptors (Lipinski definition) is 5. The third kappa shape index (κ3) is 2.27. The van der Waals surface area contributed by atoms with Gasteiger partial charge in [-0.25, -0.2) is 18.2 Å². The molecule has 1 aromatic heterocycles. The number of carbonyl (C=O) groups excluding carboxylic acids is 1. The van der Waals surface area contributed by atoms with Gasteiger partial charge in [-0.3, -0.25) is 0 Å². The van der Waals surface area contributed by atoms with Gasteiger partial charge >= 0.3 is 6.09 Å². The number of alkyl carbamates (subject to hydrolysis) is 1. The summed E-state index contributed by atoms with van der Waals surface area (Å²) in [5.74, 6) is 0. The molecule has 7 heteroatoms. The van der Waals surface area contributed by atoms with Crippen LogP contribution in [0.3, 0.4) is 0 Å². The number of nitrogens with one attached hydrogen (secondary N) is 1. The summed E-state index contributed by atoms with van der Waals surface area (Å²) in [6, 6.07) is 4.87. The highest BCUT2D eigenvalue weighted by molar-refractivity contribution is 7.93. The van der Waals surface area contributed by atoms with Crippen LogP contribution in [0.5, 0.6) is 0 Å². The minimum Gasteiger partial charge on any atom is -0.444 e. The van der Waals surface area contributed by atoms with Gasteiger partial charge in [0, 0.05) is 11.7 Å². The molecular weight excluding hydrogens is 304 g/mol. The van der Waals surface area contributed by atoms with Gasteiger partial charge in [0.1, 0.15) is 5.60 Å². The molecule has 0 aromatic carbocycles. The van der Waals surface area contributed by atoms with Gasteiger partial charge in [-0.05, 0) is 52.2 Å². The van der Waals surface area contributed by atoms with Crippen molar-refractivity contribution >= 4 is 15.9 Å². The molecule has 3 fully saturated rings. The summed E-state index contributed by atoms with van der Waals surface area (Å²) in [7, 11) is -3.45. The van der Waals surface area contributed by atoms with E-state index in [-0.39, 0.29) is 5.03 Å². The molecule has 0 spiro atoms. The first-order valence-corrected chi connectivity index (χ1v) is 8.73. The molecule has 3 aliphatic carbocycles. The van der Waals surface area contributed by atoms with E-state index in [1.165, 1.54) is 12.3 Å². The monoisotopic (exact) mass is 324 g/mol. The van der Waals surface area contributed by atoms with Crippen LogP contribution in [0.4, 0.5) is 4.79 Å². The Hall–Kier alpha value is -1.63. The number of pyridine rings is 1. The first-order valence-electron chi connectivity index (χ1n) is 7.25. The molecule has 4 rings (SSSR count). The maximum Gasteiger partial charge on any atom is 0.408 e. The summed E-state index contributed by atoms with van der Waals surface area (Å²) in [6.07, 6.45) is 2.28. The molecular formula is C15H20N2O4S. The van der Waals surface area contributed by atoms with Gasteiger partial charge in [-0.2, -0.15) is 0 Å². The van der Waals surface area contributed by atoms with Crippen LogP contribution < -0.4 is 5.32 Å². The fraction of sp³-hybridized carbons (Fsp3) is 0.600. The number of aromatic nitrogens is 1. The molecule has 22 heavy (non-hydrogen) atoms. The van der Waals surface area contributed by atoms with Crippen molar-refractivity contribution in [1.82, 2.24) is 10.3 Å². The highest BCUT2D eigenvalue weighted by Gasteiger charge is 2.75. The Balaban J connectivity index is 1.66. The maximum atomic E-state index is 12.6. The van der Waals surface area contributed by atoms with Crippen molar-refractivity contribution in [2.45, 2.75) is 60.9 Å². The number of carbonyl (C=O) groups is 1. The summed E-state index contributed by atoms with van der Waals surface area (Å²) in [4.78, 5) is 15.8. The predicted octanol–water partition coefficient (Wildman–Crippen LogP) is 2.06. The Bertz CT molecular complexity index is 687. The topological polar surface area (TPSA) is 85.4 Å². The van der Waals surface area contributed by atoms with Crippen LogP contribution in [-0.2, 0) is 14.6 Å². The van der Waals surface area contributed by atoms with E-state index in [0.29, 0.717) is 19.3 Å². The van der Waals surface area contributed by atoms with E-state index >= 15 is 0 Å². The second-order valence-electron chi connectivity index (χ2n) is 7.29. The van der Waals surface area contributed by atoms with Crippen LogP contribution >= 0.6 is 0 Å². The zero-order valence-corrected chi connectivity index (χ0v) is 13.7. The number of sulfone groups is 1. The van der Waals surface area contributed by atoms with Gasteiger partial charge < -0.3 is 10.1 Å². The smallest absolute Gasteiger partial charge is 0.408 e. The molecule has 2 bridgehead atoms. The largest absolute Gasteiger partial charge is 0.444 e. The molecule has 3 saturated carbocycles. The van der Waals surface area contributed by atoms with E-state index in [2.05, 4.69) is 10.3 Å². The Morgan fingerprint density at radius 3 is 2.41 bits per heavy atom. The van der Waals surface area contributed by atoms with Crippen LogP contribution in [0, 0.1) is 0 Å². The molecule has 1 aromatic rings. The fourth-order valence-corrected chi connectivity index (χ4v) is 5.66. The zero-order valence-electron chi connectivity index (χ0n) is 12.9. The number of hydrogen-bond donors (Lipinski definition) is 1. The third-order valence-electron chi connectivity index (χ3n) is 4.23. The van der Waals surface area contributed by atoms with Crippen molar-refractivity contribution < 1.29 is 17.9 Å². The van der Waals surface area contributed by atoms with Crippen molar-refractivity contribution in [3.8, 4) is 0 Å². The van der Waals surface area contributed by atoms with Crippen molar-refractivity contribution in [2.75, 3.05) is 0 Å². The van der Waals surface area contributed by atoms with Crippen molar-refractivity contribution in [1.29, 1.82) is 0 Å². The molecule has 0 radical (unpaired) electrons. The lowest BCUT2D eigenvalue weighted by Gasteiger charge is -2.68. The van der Waals surface area contributed by atoms with E-state index in [1.54, 1.807) is 32.9 Å². The zero-order chi connectivity index (χ0) is 16.2. The van der Waals surface area contributed by atoms with Gasteiger partial charge in [0.15, 0.2) is 5.03 Å². The van der Waals surface area contributed by atoms with Crippen molar-refractivity contribution in [3.63, 3.8) is 0 Å². The van der Waals surface area contributed by atoms with Gasteiger partial charge in [0.25, 0.3) is 0 Å². The molecule has 0 saturated heterocycles. The molecule has 120 valence electrons. The Morgan fingerprint density at radius 1 is 1.27 bits per heavy atom. The van der Waals surface area contributed by atoms with Gasteiger partial charge in [-0.1, -0.05) is 6.07 Å².